The molecule has 0 saturated carbocycles. The van der Waals surface area contributed by atoms with Gasteiger partial charge in [-0.25, -0.2) is 9.18 Å². The quantitative estimate of drug-likeness (QED) is 0.732. The number of hydrogen-bond donors (Lipinski definition) is 1. The van der Waals surface area contributed by atoms with Crippen molar-refractivity contribution in [2.75, 3.05) is 13.2 Å². The van der Waals surface area contributed by atoms with Gasteiger partial charge in [0, 0.05) is 0 Å². The fraction of sp³-hybridized carbons (Fsp3) is 0.235. The first kappa shape index (κ1) is 18.8. The lowest BCUT2D eigenvalue weighted by atomic mass is 10.2. The van der Waals surface area contributed by atoms with Crippen LogP contribution in [0.2, 0.25) is 0 Å². The lowest BCUT2D eigenvalue weighted by Gasteiger charge is -2.08. The Balaban J connectivity index is 0.00000264. The van der Waals surface area contributed by atoms with E-state index in [-0.39, 0.29) is 18.0 Å². The van der Waals surface area contributed by atoms with Crippen molar-refractivity contribution in [3.05, 3.63) is 59.9 Å². The Bertz CT molecular complexity index is 619. The van der Waals surface area contributed by atoms with Crippen molar-refractivity contribution in [2.24, 2.45) is 0 Å². The van der Waals surface area contributed by atoms with Gasteiger partial charge in [-0.3, -0.25) is 0 Å². The average molecular weight is 341 g/mol. The summed E-state index contributed by atoms with van der Waals surface area (Å²) in [7, 11) is 0. The maximum atomic E-state index is 13.2. The van der Waals surface area contributed by atoms with E-state index in [9.17, 15) is 9.18 Å². The molecule has 6 heteroatoms. The predicted octanol–water partition coefficient (Wildman–Crippen LogP) is 4.18. The van der Waals surface area contributed by atoms with E-state index in [0.29, 0.717) is 19.0 Å². The third-order valence-corrected chi connectivity index (χ3v) is 2.99. The largest absolute Gasteiger partial charge is 0.494 e. The summed E-state index contributed by atoms with van der Waals surface area (Å²) in [5.41, 5.74) is -0.384. The van der Waals surface area contributed by atoms with Gasteiger partial charge in [0.1, 0.15) is 17.3 Å². The minimum atomic E-state index is -1.31. The highest BCUT2D eigenvalue weighted by molar-refractivity contribution is 5.88. The van der Waals surface area contributed by atoms with Gasteiger partial charge in [-0.1, -0.05) is 18.2 Å². The second-order valence-electron chi connectivity index (χ2n) is 4.66. The van der Waals surface area contributed by atoms with Crippen LogP contribution in [0.15, 0.2) is 48.5 Å². The lowest BCUT2D eigenvalue weighted by molar-refractivity contribution is 0.0691. The molecule has 0 atom stereocenters. The fourth-order valence-corrected chi connectivity index (χ4v) is 1.86. The first-order valence-corrected chi connectivity index (χ1v) is 7.00. The number of rotatable bonds is 8. The molecule has 2 rings (SSSR count). The highest BCUT2D eigenvalue weighted by atomic mass is 35.5. The number of carbonyl (C=O) groups is 1. The molecule has 0 bridgehead atoms. The van der Waals surface area contributed by atoms with Crippen LogP contribution in [0.4, 0.5) is 4.39 Å². The molecule has 0 aliphatic rings. The third kappa shape index (κ3) is 6.16. The Morgan fingerprint density at radius 3 is 2.17 bits per heavy atom. The van der Waals surface area contributed by atoms with Crippen LogP contribution in [0.1, 0.15) is 23.2 Å². The van der Waals surface area contributed by atoms with Gasteiger partial charge in [0.15, 0.2) is 0 Å². The molecule has 0 spiro atoms. The Kier molecular flexibility index (Phi) is 7.91. The molecule has 0 heterocycles. The maximum Gasteiger partial charge on any atom is 0.338 e. The van der Waals surface area contributed by atoms with Gasteiger partial charge >= 0.3 is 5.97 Å². The molecule has 2 aromatic rings. The summed E-state index contributed by atoms with van der Waals surface area (Å²) in [5, 5.41) is 8.83. The lowest BCUT2D eigenvalue weighted by Crippen LogP contribution is -2.04. The summed E-state index contributed by atoms with van der Waals surface area (Å²) in [4.78, 5) is 10.8. The monoisotopic (exact) mass is 340 g/mol. The molecule has 0 saturated heterocycles. The minimum absolute atomic E-state index is 0. The Morgan fingerprint density at radius 2 is 1.57 bits per heavy atom. The van der Waals surface area contributed by atoms with Crippen LogP contribution < -0.4 is 9.47 Å². The van der Waals surface area contributed by atoms with Crippen molar-refractivity contribution >= 4 is 18.4 Å². The van der Waals surface area contributed by atoms with Gasteiger partial charge < -0.3 is 14.6 Å². The summed E-state index contributed by atoms with van der Waals surface area (Å²) in [5.74, 6) is -0.897. The molecule has 0 aliphatic heterocycles. The normalized spacial score (nSPS) is 9.78. The summed E-state index contributed by atoms with van der Waals surface area (Å²) >= 11 is 0. The van der Waals surface area contributed by atoms with Gasteiger partial charge in [-0.15, -0.1) is 12.4 Å². The molecule has 0 amide bonds. The highest BCUT2D eigenvalue weighted by Gasteiger charge is 2.11. The molecule has 0 radical (unpaired) electrons. The van der Waals surface area contributed by atoms with Crippen molar-refractivity contribution in [1.82, 2.24) is 0 Å². The van der Waals surface area contributed by atoms with E-state index in [2.05, 4.69) is 0 Å². The zero-order valence-corrected chi connectivity index (χ0v) is 13.2. The molecular weight excluding hydrogens is 323 g/mol. The number of benzene rings is 2. The Labute approximate surface area is 140 Å². The summed E-state index contributed by atoms with van der Waals surface area (Å²) in [6.45, 7) is 1.00. The van der Waals surface area contributed by atoms with Crippen LogP contribution in [0.25, 0.3) is 0 Å². The van der Waals surface area contributed by atoms with Crippen molar-refractivity contribution in [3.63, 3.8) is 0 Å². The van der Waals surface area contributed by atoms with Gasteiger partial charge in [0.05, 0.1) is 18.8 Å². The second-order valence-corrected chi connectivity index (χ2v) is 4.66. The summed E-state index contributed by atoms with van der Waals surface area (Å²) in [6.07, 6.45) is 1.56. The van der Waals surface area contributed by atoms with Crippen LogP contribution in [0.5, 0.6) is 11.5 Å². The number of hydrogen-bond acceptors (Lipinski definition) is 3. The number of halogens is 2. The topological polar surface area (TPSA) is 55.8 Å². The van der Waals surface area contributed by atoms with E-state index in [1.807, 2.05) is 30.3 Å². The van der Waals surface area contributed by atoms with Crippen molar-refractivity contribution in [1.29, 1.82) is 0 Å². The molecule has 0 aromatic heterocycles. The second kappa shape index (κ2) is 9.69. The number of para-hydroxylation sites is 1. The van der Waals surface area contributed by atoms with Crippen molar-refractivity contribution in [2.45, 2.75) is 12.8 Å². The fourth-order valence-electron chi connectivity index (χ4n) is 1.86. The minimum Gasteiger partial charge on any atom is -0.494 e. The van der Waals surface area contributed by atoms with Crippen LogP contribution in [0.3, 0.4) is 0 Å². The summed E-state index contributed by atoms with van der Waals surface area (Å²) in [6, 6.07) is 13.2. The average Bonchev–Trinajstić information content (AvgIpc) is 2.53. The standard InChI is InChI=1S/C17H17FO4.ClH/c18-16-9-8-14(12-15(16)17(19)20)22-11-5-4-10-21-13-6-2-1-3-7-13;/h1-3,6-9,12H,4-5,10-11H2,(H,19,20);1H. The molecule has 1 N–H and O–H groups in total. The molecule has 2 aromatic carbocycles. The van der Waals surface area contributed by atoms with Gasteiger partial charge in [0.2, 0.25) is 0 Å². The summed E-state index contributed by atoms with van der Waals surface area (Å²) < 4.78 is 24.2. The van der Waals surface area contributed by atoms with E-state index >= 15 is 0 Å². The third-order valence-electron chi connectivity index (χ3n) is 2.99. The highest BCUT2D eigenvalue weighted by Crippen LogP contribution is 2.17. The molecule has 4 nitrogen and oxygen atoms in total. The first-order chi connectivity index (χ1) is 10.7. The smallest absolute Gasteiger partial charge is 0.338 e. The molecule has 23 heavy (non-hydrogen) atoms. The molecule has 0 aliphatic carbocycles. The van der Waals surface area contributed by atoms with Gasteiger partial charge in [-0.05, 0) is 43.2 Å². The van der Waals surface area contributed by atoms with Crippen LogP contribution in [0, 0.1) is 5.82 Å². The first-order valence-electron chi connectivity index (χ1n) is 7.00. The van der Waals surface area contributed by atoms with E-state index in [1.165, 1.54) is 12.1 Å². The number of carboxylic acid groups (broad SMARTS) is 1. The SMILES string of the molecule is Cl.O=C(O)c1cc(OCCCCOc2ccccc2)ccc1F. The van der Waals surface area contributed by atoms with Crippen LogP contribution in [-0.2, 0) is 0 Å². The predicted molar refractivity (Wildman–Crippen MR) is 87.3 cm³/mol. The maximum absolute atomic E-state index is 13.2. The molecule has 0 fully saturated rings. The van der Waals surface area contributed by atoms with E-state index in [4.69, 9.17) is 14.6 Å². The molecular formula is C17H18ClFO4. The Hall–Kier alpha value is -2.27. The van der Waals surface area contributed by atoms with E-state index in [0.717, 1.165) is 24.7 Å². The van der Waals surface area contributed by atoms with E-state index in [1.54, 1.807) is 0 Å². The zero-order chi connectivity index (χ0) is 15.8. The van der Waals surface area contributed by atoms with Crippen LogP contribution in [-0.4, -0.2) is 24.3 Å². The van der Waals surface area contributed by atoms with E-state index < -0.39 is 11.8 Å². The van der Waals surface area contributed by atoms with Crippen molar-refractivity contribution < 1.29 is 23.8 Å². The number of unbranched alkanes of at least 4 members (excludes halogenated alkanes) is 1. The Morgan fingerprint density at radius 1 is 0.957 bits per heavy atom. The van der Waals surface area contributed by atoms with Gasteiger partial charge in [0.25, 0.3) is 0 Å². The molecule has 124 valence electrons. The number of ether oxygens (including phenoxy) is 2. The van der Waals surface area contributed by atoms with Gasteiger partial charge in [-0.2, -0.15) is 0 Å². The van der Waals surface area contributed by atoms with Crippen LogP contribution >= 0.6 is 12.4 Å². The van der Waals surface area contributed by atoms with Crippen molar-refractivity contribution in [3.8, 4) is 11.5 Å². The zero-order valence-electron chi connectivity index (χ0n) is 12.4. The number of aromatic carboxylic acids is 1. The number of carboxylic acids is 1. The molecule has 0 unspecified atom stereocenters.